The number of nitrogens with one attached hydrogen (secondary N) is 2. The molecule has 1 unspecified atom stereocenters. The number of hydrogen-bond acceptors (Lipinski definition) is 3. The van der Waals surface area contributed by atoms with Gasteiger partial charge in [-0.25, -0.2) is 0 Å². The van der Waals surface area contributed by atoms with Gasteiger partial charge in [0.25, 0.3) is 0 Å². The largest absolute Gasteiger partial charge is 0.370 e. The lowest BCUT2D eigenvalue weighted by atomic mass is 9.89. The van der Waals surface area contributed by atoms with Crippen LogP contribution in [0.15, 0.2) is 24.3 Å². The highest BCUT2D eigenvalue weighted by Gasteiger charge is 2.40. The molecule has 0 spiro atoms. The molecular formula is C17H27N3O. The fraction of sp³-hybridized carbons (Fsp3) is 0.588. The summed E-state index contributed by atoms with van der Waals surface area (Å²) in [5, 5.41) is 6.27. The second-order valence-corrected chi connectivity index (χ2v) is 6.48. The summed E-state index contributed by atoms with van der Waals surface area (Å²) in [7, 11) is 1.72. The molecule has 0 radical (unpaired) electrons. The molecule has 1 aromatic rings. The van der Waals surface area contributed by atoms with Crippen LogP contribution >= 0.6 is 0 Å². The molecule has 2 N–H and O–H groups in total. The standard InChI is InChI=1S/C17H27N3O/c1-13(2)19-11-14-7-5-6-8-15(14)20-10-9-17(3,12-20)16(21)18-4/h5-8,13,19H,9-12H2,1-4H3,(H,18,21). The van der Waals surface area contributed by atoms with Crippen LogP contribution in [0.2, 0.25) is 0 Å². The van der Waals surface area contributed by atoms with Gasteiger partial charge in [0, 0.05) is 38.4 Å². The highest BCUT2D eigenvalue weighted by Crippen LogP contribution is 2.34. The van der Waals surface area contributed by atoms with E-state index in [9.17, 15) is 4.79 Å². The highest BCUT2D eigenvalue weighted by molar-refractivity contribution is 5.83. The number of carbonyl (C=O) groups is 1. The maximum atomic E-state index is 12.1. The molecule has 1 amide bonds. The first-order valence-corrected chi connectivity index (χ1v) is 7.75. The lowest BCUT2D eigenvalue weighted by Crippen LogP contribution is -2.39. The van der Waals surface area contributed by atoms with E-state index < -0.39 is 0 Å². The van der Waals surface area contributed by atoms with Gasteiger partial charge in [-0.1, -0.05) is 32.0 Å². The molecule has 116 valence electrons. The first-order valence-electron chi connectivity index (χ1n) is 7.75. The minimum atomic E-state index is -0.284. The van der Waals surface area contributed by atoms with Crippen molar-refractivity contribution < 1.29 is 4.79 Å². The molecular weight excluding hydrogens is 262 g/mol. The maximum Gasteiger partial charge on any atom is 0.227 e. The zero-order chi connectivity index (χ0) is 15.5. The Morgan fingerprint density at radius 1 is 1.38 bits per heavy atom. The normalized spacial score (nSPS) is 21.9. The van der Waals surface area contributed by atoms with E-state index in [2.05, 4.69) is 60.6 Å². The summed E-state index contributed by atoms with van der Waals surface area (Å²) in [6, 6.07) is 8.94. The average Bonchev–Trinajstić information content (AvgIpc) is 2.88. The van der Waals surface area contributed by atoms with Gasteiger partial charge < -0.3 is 15.5 Å². The number of para-hydroxylation sites is 1. The van der Waals surface area contributed by atoms with Crippen molar-refractivity contribution in [2.45, 2.75) is 39.8 Å². The van der Waals surface area contributed by atoms with Crippen LogP contribution in [0.3, 0.4) is 0 Å². The summed E-state index contributed by atoms with van der Waals surface area (Å²) in [6.45, 7) is 8.94. The number of hydrogen-bond donors (Lipinski definition) is 2. The van der Waals surface area contributed by atoms with Crippen LogP contribution in [0, 0.1) is 5.41 Å². The molecule has 4 nitrogen and oxygen atoms in total. The number of anilines is 1. The molecule has 1 atom stereocenters. The van der Waals surface area contributed by atoms with Crippen LogP contribution in [-0.4, -0.2) is 32.1 Å². The smallest absolute Gasteiger partial charge is 0.227 e. The summed E-state index contributed by atoms with van der Waals surface area (Å²) in [5.74, 6) is 0.141. The van der Waals surface area contributed by atoms with Crippen LogP contribution < -0.4 is 15.5 Å². The van der Waals surface area contributed by atoms with Gasteiger partial charge >= 0.3 is 0 Å². The lowest BCUT2D eigenvalue weighted by molar-refractivity contribution is -0.128. The van der Waals surface area contributed by atoms with E-state index in [1.807, 2.05) is 0 Å². The van der Waals surface area contributed by atoms with Crippen molar-refractivity contribution in [1.29, 1.82) is 0 Å². The predicted molar refractivity (Wildman–Crippen MR) is 87.4 cm³/mol. The fourth-order valence-corrected chi connectivity index (χ4v) is 2.94. The quantitative estimate of drug-likeness (QED) is 0.873. The molecule has 1 saturated heterocycles. The Bertz CT molecular complexity index is 501. The second kappa shape index (κ2) is 6.48. The molecule has 4 heteroatoms. The Morgan fingerprint density at radius 3 is 2.76 bits per heavy atom. The molecule has 21 heavy (non-hydrogen) atoms. The van der Waals surface area contributed by atoms with Crippen LogP contribution in [0.4, 0.5) is 5.69 Å². The van der Waals surface area contributed by atoms with E-state index >= 15 is 0 Å². The van der Waals surface area contributed by atoms with Gasteiger partial charge in [-0.3, -0.25) is 4.79 Å². The third-order valence-electron chi connectivity index (χ3n) is 4.28. The summed E-state index contributed by atoms with van der Waals surface area (Å²) >= 11 is 0. The first-order chi connectivity index (χ1) is 9.96. The summed E-state index contributed by atoms with van der Waals surface area (Å²) in [6.07, 6.45) is 0.901. The first kappa shape index (κ1) is 15.8. The van der Waals surface area contributed by atoms with Crippen molar-refractivity contribution in [1.82, 2.24) is 10.6 Å². The summed E-state index contributed by atoms with van der Waals surface area (Å²) in [4.78, 5) is 14.4. The number of nitrogens with zero attached hydrogens (tertiary/aromatic N) is 1. The van der Waals surface area contributed by atoms with Gasteiger partial charge in [-0.2, -0.15) is 0 Å². The average molecular weight is 289 g/mol. The molecule has 1 aliphatic heterocycles. The van der Waals surface area contributed by atoms with Gasteiger partial charge in [0.1, 0.15) is 0 Å². The van der Waals surface area contributed by atoms with Gasteiger partial charge in [-0.15, -0.1) is 0 Å². The number of amides is 1. The third kappa shape index (κ3) is 3.56. The zero-order valence-electron chi connectivity index (χ0n) is 13.6. The molecule has 0 aliphatic carbocycles. The monoisotopic (exact) mass is 289 g/mol. The Balaban J connectivity index is 2.14. The minimum Gasteiger partial charge on any atom is -0.370 e. The maximum absolute atomic E-state index is 12.1. The van der Waals surface area contributed by atoms with Crippen molar-refractivity contribution >= 4 is 11.6 Å². The van der Waals surface area contributed by atoms with Crippen molar-refractivity contribution in [3.8, 4) is 0 Å². The van der Waals surface area contributed by atoms with Crippen LogP contribution in [0.1, 0.15) is 32.8 Å². The van der Waals surface area contributed by atoms with Crippen molar-refractivity contribution in [3.63, 3.8) is 0 Å². The Hall–Kier alpha value is -1.55. The molecule has 0 aromatic heterocycles. The van der Waals surface area contributed by atoms with Gasteiger partial charge in [0.2, 0.25) is 5.91 Å². The molecule has 1 fully saturated rings. The second-order valence-electron chi connectivity index (χ2n) is 6.48. The van der Waals surface area contributed by atoms with Gasteiger partial charge in [0.15, 0.2) is 0 Å². The molecule has 1 aliphatic rings. The molecule has 2 rings (SSSR count). The van der Waals surface area contributed by atoms with E-state index in [0.717, 1.165) is 26.1 Å². The van der Waals surface area contributed by atoms with Crippen LogP contribution in [-0.2, 0) is 11.3 Å². The van der Waals surface area contributed by atoms with Crippen molar-refractivity contribution in [2.75, 3.05) is 25.0 Å². The fourth-order valence-electron chi connectivity index (χ4n) is 2.94. The minimum absolute atomic E-state index is 0.141. The van der Waals surface area contributed by atoms with E-state index in [1.165, 1.54) is 11.3 Å². The number of rotatable bonds is 5. The Morgan fingerprint density at radius 2 is 2.10 bits per heavy atom. The van der Waals surface area contributed by atoms with Gasteiger partial charge in [-0.05, 0) is 25.0 Å². The molecule has 1 aromatic carbocycles. The van der Waals surface area contributed by atoms with E-state index in [-0.39, 0.29) is 11.3 Å². The topological polar surface area (TPSA) is 44.4 Å². The van der Waals surface area contributed by atoms with E-state index in [0.29, 0.717) is 6.04 Å². The zero-order valence-corrected chi connectivity index (χ0v) is 13.6. The third-order valence-corrected chi connectivity index (χ3v) is 4.28. The number of benzene rings is 1. The number of carbonyl (C=O) groups excluding carboxylic acids is 1. The molecule has 0 bridgehead atoms. The lowest BCUT2D eigenvalue weighted by Gasteiger charge is -2.26. The SMILES string of the molecule is CNC(=O)C1(C)CCN(c2ccccc2CNC(C)C)C1. The van der Waals surface area contributed by atoms with Crippen LogP contribution in [0.25, 0.3) is 0 Å². The van der Waals surface area contributed by atoms with Crippen LogP contribution in [0.5, 0.6) is 0 Å². The Kier molecular flexibility index (Phi) is 4.88. The molecule has 0 saturated carbocycles. The highest BCUT2D eigenvalue weighted by atomic mass is 16.2. The molecule has 1 heterocycles. The van der Waals surface area contributed by atoms with E-state index in [4.69, 9.17) is 0 Å². The summed E-state index contributed by atoms with van der Waals surface area (Å²) < 4.78 is 0. The van der Waals surface area contributed by atoms with Crippen molar-refractivity contribution in [3.05, 3.63) is 29.8 Å². The van der Waals surface area contributed by atoms with Crippen molar-refractivity contribution in [2.24, 2.45) is 5.41 Å². The Labute approximate surface area is 127 Å². The van der Waals surface area contributed by atoms with Gasteiger partial charge in [0.05, 0.1) is 5.41 Å². The summed E-state index contributed by atoms with van der Waals surface area (Å²) in [5.41, 5.74) is 2.26. The van der Waals surface area contributed by atoms with E-state index in [1.54, 1.807) is 7.05 Å². The predicted octanol–water partition coefficient (Wildman–Crippen LogP) is 2.15.